The third-order valence-electron chi connectivity index (χ3n) is 5.80. The average molecular weight is 393 g/mol. The van der Waals surface area contributed by atoms with Crippen molar-refractivity contribution in [3.05, 3.63) is 47.0 Å². The summed E-state index contributed by atoms with van der Waals surface area (Å²) in [6.45, 7) is 6.25. The van der Waals surface area contributed by atoms with Gasteiger partial charge in [-0.3, -0.25) is 0 Å². The second-order valence-corrected chi connectivity index (χ2v) is 7.88. The van der Waals surface area contributed by atoms with Gasteiger partial charge in [-0.05, 0) is 67.5 Å². The summed E-state index contributed by atoms with van der Waals surface area (Å²) >= 11 is 0. The minimum atomic E-state index is 0.0997. The smallest absolute Gasteiger partial charge is 0.130 e. The summed E-state index contributed by atoms with van der Waals surface area (Å²) < 4.78 is 11.1. The number of phenolic OH excluding ortho intramolecular Hbond substituents is 2. The van der Waals surface area contributed by atoms with E-state index in [-0.39, 0.29) is 23.6 Å². The largest absolute Gasteiger partial charge is 0.507 e. The van der Waals surface area contributed by atoms with Crippen molar-refractivity contribution >= 4 is 10.8 Å². The van der Waals surface area contributed by atoms with E-state index in [1.54, 1.807) is 26.4 Å². The molecule has 0 saturated heterocycles. The number of benzene rings is 3. The van der Waals surface area contributed by atoms with Gasteiger partial charge in [-0.2, -0.15) is 0 Å². The number of fused-ring (bicyclic) bond motifs is 2. The van der Waals surface area contributed by atoms with E-state index in [1.165, 1.54) is 0 Å². The predicted molar refractivity (Wildman–Crippen MR) is 115 cm³/mol. The first-order valence-corrected chi connectivity index (χ1v) is 9.85. The molecule has 3 aromatic carbocycles. The lowest BCUT2D eigenvalue weighted by molar-refractivity contribution is 0.377. The summed E-state index contributed by atoms with van der Waals surface area (Å²) in [5.74, 6) is 1.63. The Morgan fingerprint density at radius 3 is 2.38 bits per heavy atom. The van der Waals surface area contributed by atoms with E-state index in [0.29, 0.717) is 16.9 Å². The Bertz CT molecular complexity index is 1110. The fraction of sp³-hybridized carbons (Fsp3) is 0.333. The Hall–Kier alpha value is -2.92. The van der Waals surface area contributed by atoms with E-state index < -0.39 is 0 Å². The van der Waals surface area contributed by atoms with Gasteiger partial charge in [-0.15, -0.1) is 0 Å². The van der Waals surface area contributed by atoms with Gasteiger partial charge in [0.05, 0.1) is 19.6 Å². The van der Waals surface area contributed by atoms with Crippen molar-refractivity contribution in [1.29, 1.82) is 0 Å². The number of rotatable bonds is 3. The molecule has 0 unspecified atom stereocenters. The Labute approximate surface area is 170 Å². The van der Waals surface area contributed by atoms with Gasteiger partial charge in [0.25, 0.3) is 0 Å². The minimum absolute atomic E-state index is 0.0997. The van der Waals surface area contributed by atoms with Gasteiger partial charge in [0.15, 0.2) is 0 Å². The minimum Gasteiger partial charge on any atom is -0.507 e. The maximum Gasteiger partial charge on any atom is 0.130 e. The number of aryl methyl sites for hydroxylation is 1. The summed E-state index contributed by atoms with van der Waals surface area (Å²) in [6.07, 6.45) is 0.769. The fourth-order valence-corrected chi connectivity index (χ4v) is 4.69. The summed E-state index contributed by atoms with van der Waals surface area (Å²) in [7, 11) is 3.23. The molecule has 0 aromatic heterocycles. The van der Waals surface area contributed by atoms with E-state index in [4.69, 9.17) is 9.47 Å². The highest BCUT2D eigenvalue weighted by Gasteiger charge is 2.30. The van der Waals surface area contributed by atoms with Crippen molar-refractivity contribution in [2.75, 3.05) is 14.2 Å². The van der Waals surface area contributed by atoms with E-state index in [1.807, 2.05) is 25.1 Å². The number of methoxy groups -OCH3 is 2. The molecule has 0 spiro atoms. The Morgan fingerprint density at radius 1 is 0.966 bits per heavy atom. The second kappa shape index (κ2) is 7.16. The van der Waals surface area contributed by atoms with Crippen LogP contribution in [0.25, 0.3) is 21.9 Å². The van der Waals surface area contributed by atoms with Crippen molar-refractivity contribution in [1.82, 2.24) is 5.32 Å². The fourth-order valence-electron chi connectivity index (χ4n) is 4.69. The van der Waals surface area contributed by atoms with Crippen LogP contribution in [0.2, 0.25) is 0 Å². The van der Waals surface area contributed by atoms with Gasteiger partial charge in [0, 0.05) is 29.3 Å². The zero-order valence-corrected chi connectivity index (χ0v) is 17.5. The Balaban J connectivity index is 2.12. The number of aromatic hydroxyl groups is 2. The highest BCUT2D eigenvalue weighted by Crippen LogP contribution is 2.48. The molecule has 0 fully saturated rings. The molecule has 0 saturated carbocycles. The molecule has 29 heavy (non-hydrogen) atoms. The average Bonchev–Trinajstić information content (AvgIpc) is 2.67. The molecule has 0 bridgehead atoms. The van der Waals surface area contributed by atoms with Crippen LogP contribution in [-0.2, 0) is 6.42 Å². The lowest BCUT2D eigenvalue weighted by Crippen LogP contribution is -2.36. The number of ether oxygens (including phenoxy) is 2. The van der Waals surface area contributed by atoms with Crippen molar-refractivity contribution in [2.45, 2.75) is 39.3 Å². The SMILES string of the molecule is COc1cc(O)c(-c2ccc(O)c3c(OC)cc(C)cc23)c2c1[C@H](C)N[C@H](C)C2. The summed E-state index contributed by atoms with van der Waals surface area (Å²) in [4.78, 5) is 0. The zero-order chi connectivity index (χ0) is 20.9. The molecular formula is C24H27NO4. The van der Waals surface area contributed by atoms with Gasteiger partial charge in [-0.1, -0.05) is 6.07 Å². The van der Waals surface area contributed by atoms with Crippen molar-refractivity contribution in [3.63, 3.8) is 0 Å². The molecule has 5 heteroatoms. The molecule has 4 rings (SSSR count). The normalized spacial score (nSPS) is 18.5. The number of nitrogens with one attached hydrogen (secondary N) is 1. The zero-order valence-electron chi connectivity index (χ0n) is 17.5. The number of hydrogen-bond donors (Lipinski definition) is 3. The van der Waals surface area contributed by atoms with Crippen LogP contribution in [0.3, 0.4) is 0 Å². The van der Waals surface area contributed by atoms with Crippen LogP contribution in [0.15, 0.2) is 30.3 Å². The monoisotopic (exact) mass is 393 g/mol. The first kappa shape index (κ1) is 19.4. The van der Waals surface area contributed by atoms with Crippen LogP contribution < -0.4 is 14.8 Å². The molecule has 0 aliphatic carbocycles. The lowest BCUT2D eigenvalue weighted by atomic mass is 9.83. The number of hydrogen-bond acceptors (Lipinski definition) is 5. The molecule has 3 N–H and O–H groups in total. The third kappa shape index (κ3) is 3.06. The second-order valence-electron chi connectivity index (χ2n) is 7.88. The van der Waals surface area contributed by atoms with Gasteiger partial charge in [-0.25, -0.2) is 0 Å². The van der Waals surface area contributed by atoms with E-state index in [0.717, 1.165) is 39.6 Å². The van der Waals surface area contributed by atoms with Gasteiger partial charge >= 0.3 is 0 Å². The molecule has 1 heterocycles. The highest BCUT2D eigenvalue weighted by atomic mass is 16.5. The van der Waals surface area contributed by atoms with Crippen LogP contribution in [-0.4, -0.2) is 30.5 Å². The Kier molecular flexibility index (Phi) is 4.79. The number of phenols is 2. The van der Waals surface area contributed by atoms with Crippen LogP contribution in [0.4, 0.5) is 0 Å². The molecule has 2 atom stereocenters. The van der Waals surface area contributed by atoms with E-state index in [2.05, 4.69) is 19.2 Å². The van der Waals surface area contributed by atoms with Gasteiger partial charge in [0.2, 0.25) is 0 Å². The topological polar surface area (TPSA) is 71.0 Å². The first-order chi connectivity index (χ1) is 13.8. The summed E-state index contributed by atoms with van der Waals surface area (Å²) in [5, 5.41) is 26.6. The molecular weight excluding hydrogens is 366 g/mol. The maximum absolute atomic E-state index is 11.0. The van der Waals surface area contributed by atoms with Gasteiger partial charge in [0.1, 0.15) is 23.0 Å². The van der Waals surface area contributed by atoms with Gasteiger partial charge < -0.3 is 25.0 Å². The third-order valence-corrected chi connectivity index (χ3v) is 5.80. The van der Waals surface area contributed by atoms with E-state index >= 15 is 0 Å². The van der Waals surface area contributed by atoms with Crippen molar-refractivity contribution in [3.8, 4) is 34.1 Å². The molecule has 0 amide bonds. The van der Waals surface area contributed by atoms with Crippen LogP contribution in [0.1, 0.15) is 36.6 Å². The molecule has 1 aliphatic heterocycles. The highest BCUT2D eigenvalue weighted by molar-refractivity contribution is 6.05. The quantitative estimate of drug-likeness (QED) is 0.594. The molecule has 5 nitrogen and oxygen atoms in total. The lowest BCUT2D eigenvalue weighted by Gasteiger charge is -2.33. The summed E-state index contributed by atoms with van der Waals surface area (Å²) in [5.41, 5.74) is 4.83. The summed E-state index contributed by atoms with van der Waals surface area (Å²) in [6, 6.07) is 9.52. The molecule has 0 radical (unpaired) electrons. The van der Waals surface area contributed by atoms with E-state index in [9.17, 15) is 10.2 Å². The Morgan fingerprint density at radius 2 is 1.69 bits per heavy atom. The van der Waals surface area contributed by atoms with Crippen LogP contribution in [0, 0.1) is 6.92 Å². The standard InChI is InChI=1S/C24H27NO4/c1-12-8-16-15(6-7-18(26)24(16)20(9-12)28-4)23-17-10-13(2)25-14(3)22(17)21(29-5)11-19(23)27/h6-9,11,13-14,25-27H,10H2,1-5H3/t13-,14+/m1/s1. The van der Waals surface area contributed by atoms with Crippen LogP contribution in [0.5, 0.6) is 23.0 Å². The van der Waals surface area contributed by atoms with Crippen molar-refractivity contribution < 1.29 is 19.7 Å². The van der Waals surface area contributed by atoms with Crippen LogP contribution >= 0.6 is 0 Å². The first-order valence-electron chi connectivity index (χ1n) is 9.85. The predicted octanol–water partition coefficient (Wildman–Crippen LogP) is 4.84. The van der Waals surface area contributed by atoms with Crippen molar-refractivity contribution in [2.24, 2.45) is 0 Å². The molecule has 1 aliphatic rings. The molecule has 3 aromatic rings. The molecule has 152 valence electrons. The maximum atomic E-state index is 11.0.